The molecule has 0 bridgehead atoms. The fraction of sp³-hybridized carbons (Fsp3) is 0.500. The number of rotatable bonds is 8. The van der Waals surface area contributed by atoms with Crippen LogP contribution in [-0.2, 0) is 9.47 Å². The van der Waals surface area contributed by atoms with Crippen molar-refractivity contribution < 1.29 is 23.8 Å². The Morgan fingerprint density at radius 1 is 0.957 bits per heavy atom. The fourth-order valence-electron chi connectivity index (χ4n) is 1.76. The molecule has 0 aliphatic rings. The predicted octanol–water partition coefficient (Wildman–Crippen LogP) is 2.97. The molecule has 1 rings (SSSR count). The highest BCUT2D eigenvalue weighted by Crippen LogP contribution is 2.17. The van der Waals surface area contributed by atoms with Crippen molar-refractivity contribution in [2.45, 2.75) is 33.4 Å². The summed E-state index contributed by atoms with van der Waals surface area (Å²) in [7, 11) is 0. The standard InChI is InChI=1S/C16H24N2O5/c1-4-11-23-13-9-7-12(8-10-13)14(17-15(19)21-5-2)18-16(20)22-6-3/h7-10,14H,4-6,11H2,1-3H3,(H,17,19)(H,18,20). The summed E-state index contributed by atoms with van der Waals surface area (Å²) < 4.78 is 15.2. The third-order valence-corrected chi connectivity index (χ3v) is 2.76. The maximum absolute atomic E-state index is 11.6. The minimum atomic E-state index is -0.756. The molecular weight excluding hydrogens is 300 g/mol. The van der Waals surface area contributed by atoms with E-state index in [-0.39, 0.29) is 13.2 Å². The van der Waals surface area contributed by atoms with Crippen LogP contribution in [-0.4, -0.2) is 32.0 Å². The molecule has 0 saturated carbocycles. The summed E-state index contributed by atoms with van der Waals surface area (Å²) in [5, 5.41) is 5.14. The first-order valence-corrected chi connectivity index (χ1v) is 7.70. The van der Waals surface area contributed by atoms with E-state index in [0.717, 1.165) is 12.2 Å². The zero-order valence-corrected chi connectivity index (χ0v) is 13.8. The average molecular weight is 324 g/mol. The van der Waals surface area contributed by atoms with Crippen LogP contribution < -0.4 is 15.4 Å². The van der Waals surface area contributed by atoms with Crippen LogP contribution in [0.4, 0.5) is 9.59 Å². The number of amides is 2. The van der Waals surface area contributed by atoms with E-state index in [9.17, 15) is 9.59 Å². The highest BCUT2D eigenvalue weighted by Gasteiger charge is 2.18. The van der Waals surface area contributed by atoms with E-state index in [1.54, 1.807) is 38.1 Å². The molecule has 0 saturated heterocycles. The van der Waals surface area contributed by atoms with Crippen LogP contribution in [0.25, 0.3) is 0 Å². The zero-order chi connectivity index (χ0) is 17.1. The van der Waals surface area contributed by atoms with Crippen LogP contribution in [0.1, 0.15) is 38.9 Å². The third-order valence-electron chi connectivity index (χ3n) is 2.76. The normalized spacial score (nSPS) is 10.1. The van der Waals surface area contributed by atoms with Crippen molar-refractivity contribution in [3.8, 4) is 5.75 Å². The van der Waals surface area contributed by atoms with Crippen LogP contribution in [0.15, 0.2) is 24.3 Å². The minimum Gasteiger partial charge on any atom is -0.494 e. The van der Waals surface area contributed by atoms with Gasteiger partial charge in [-0.1, -0.05) is 19.1 Å². The van der Waals surface area contributed by atoms with E-state index in [1.165, 1.54) is 0 Å². The predicted molar refractivity (Wildman–Crippen MR) is 85.3 cm³/mol. The van der Waals surface area contributed by atoms with Gasteiger partial charge < -0.3 is 14.2 Å². The number of hydrogen-bond acceptors (Lipinski definition) is 5. The summed E-state index contributed by atoms with van der Waals surface area (Å²) >= 11 is 0. The summed E-state index contributed by atoms with van der Waals surface area (Å²) in [6.07, 6.45) is -1.09. The molecule has 7 nitrogen and oxygen atoms in total. The van der Waals surface area contributed by atoms with Crippen molar-refractivity contribution in [3.05, 3.63) is 29.8 Å². The topological polar surface area (TPSA) is 85.9 Å². The van der Waals surface area contributed by atoms with Gasteiger partial charge in [0, 0.05) is 0 Å². The van der Waals surface area contributed by atoms with Gasteiger partial charge in [0.15, 0.2) is 0 Å². The van der Waals surface area contributed by atoms with Crippen LogP contribution >= 0.6 is 0 Å². The molecule has 0 unspecified atom stereocenters. The van der Waals surface area contributed by atoms with Crippen molar-refractivity contribution in [2.24, 2.45) is 0 Å². The minimum absolute atomic E-state index is 0.238. The monoisotopic (exact) mass is 324 g/mol. The average Bonchev–Trinajstić information content (AvgIpc) is 2.53. The highest BCUT2D eigenvalue weighted by atomic mass is 16.6. The van der Waals surface area contributed by atoms with Crippen LogP contribution in [0, 0.1) is 0 Å². The summed E-state index contributed by atoms with van der Waals surface area (Å²) in [4.78, 5) is 23.2. The van der Waals surface area contributed by atoms with Crippen LogP contribution in [0.3, 0.4) is 0 Å². The van der Waals surface area contributed by atoms with Gasteiger partial charge in [-0.05, 0) is 38.0 Å². The molecule has 128 valence electrons. The second kappa shape index (κ2) is 10.3. The maximum atomic E-state index is 11.6. The Bertz CT molecular complexity index is 470. The molecule has 0 aliphatic heterocycles. The lowest BCUT2D eigenvalue weighted by atomic mass is 10.1. The quantitative estimate of drug-likeness (QED) is 0.718. The van der Waals surface area contributed by atoms with Gasteiger partial charge in [-0.15, -0.1) is 0 Å². The molecule has 1 aromatic carbocycles. The molecule has 0 aromatic heterocycles. The summed E-state index contributed by atoms with van der Waals surface area (Å²) in [6.45, 7) is 6.53. The number of benzene rings is 1. The van der Waals surface area contributed by atoms with Crippen LogP contribution in [0.5, 0.6) is 5.75 Å². The van der Waals surface area contributed by atoms with Gasteiger partial charge in [-0.2, -0.15) is 0 Å². The zero-order valence-electron chi connectivity index (χ0n) is 13.8. The van der Waals surface area contributed by atoms with E-state index >= 15 is 0 Å². The molecule has 23 heavy (non-hydrogen) atoms. The van der Waals surface area contributed by atoms with E-state index in [0.29, 0.717) is 12.2 Å². The first-order chi connectivity index (χ1) is 11.1. The van der Waals surface area contributed by atoms with Gasteiger partial charge in [0.25, 0.3) is 0 Å². The lowest BCUT2D eigenvalue weighted by Gasteiger charge is -2.20. The van der Waals surface area contributed by atoms with Gasteiger partial charge >= 0.3 is 12.2 Å². The Kier molecular flexibility index (Phi) is 8.34. The number of carbonyl (C=O) groups is 2. The Balaban J connectivity index is 2.80. The van der Waals surface area contributed by atoms with Crippen molar-refractivity contribution in [1.29, 1.82) is 0 Å². The third kappa shape index (κ3) is 6.90. The SMILES string of the molecule is CCCOc1ccc(C(NC(=O)OCC)NC(=O)OCC)cc1. The van der Waals surface area contributed by atoms with E-state index < -0.39 is 18.4 Å². The number of alkyl carbamates (subject to hydrolysis) is 2. The van der Waals surface area contributed by atoms with E-state index in [4.69, 9.17) is 14.2 Å². The first-order valence-electron chi connectivity index (χ1n) is 7.70. The van der Waals surface area contributed by atoms with Gasteiger partial charge in [0.05, 0.1) is 19.8 Å². The van der Waals surface area contributed by atoms with Crippen LogP contribution in [0.2, 0.25) is 0 Å². The molecule has 2 N–H and O–H groups in total. The molecule has 1 aromatic rings. The molecule has 0 aliphatic carbocycles. The number of nitrogens with one attached hydrogen (secondary N) is 2. The van der Waals surface area contributed by atoms with Gasteiger partial charge in [0.2, 0.25) is 0 Å². The largest absolute Gasteiger partial charge is 0.494 e. The lowest BCUT2D eigenvalue weighted by molar-refractivity contribution is 0.135. The second-order valence-electron chi connectivity index (χ2n) is 4.58. The smallest absolute Gasteiger partial charge is 0.409 e. The Hall–Kier alpha value is -2.44. The molecule has 7 heteroatoms. The Morgan fingerprint density at radius 2 is 1.48 bits per heavy atom. The molecule has 0 fully saturated rings. The summed E-state index contributed by atoms with van der Waals surface area (Å²) in [5.41, 5.74) is 0.676. The fourth-order valence-corrected chi connectivity index (χ4v) is 1.76. The maximum Gasteiger partial charge on any atom is 0.409 e. The summed E-state index contributed by atoms with van der Waals surface area (Å²) in [5.74, 6) is 0.724. The molecule has 0 heterocycles. The van der Waals surface area contributed by atoms with Gasteiger partial charge in [-0.25, -0.2) is 9.59 Å². The second-order valence-corrected chi connectivity index (χ2v) is 4.58. The van der Waals surface area contributed by atoms with Crippen molar-refractivity contribution in [3.63, 3.8) is 0 Å². The van der Waals surface area contributed by atoms with Crippen molar-refractivity contribution >= 4 is 12.2 Å². The molecule has 0 atom stereocenters. The number of ether oxygens (including phenoxy) is 3. The lowest BCUT2D eigenvalue weighted by Crippen LogP contribution is -2.41. The number of hydrogen-bond donors (Lipinski definition) is 2. The first kappa shape index (κ1) is 18.6. The molecule has 2 amide bonds. The Morgan fingerprint density at radius 3 is 1.91 bits per heavy atom. The molecule has 0 spiro atoms. The molecule has 0 radical (unpaired) electrons. The highest BCUT2D eigenvalue weighted by molar-refractivity contribution is 5.71. The van der Waals surface area contributed by atoms with Crippen molar-refractivity contribution in [2.75, 3.05) is 19.8 Å². The summed E-state index contributed by atoms with van der Waals surface area (Å²) in [6, 6.07) is 7.07. The molecular formula is C16H24N2O5. The van der Waals surface area contributed by atoms with E-state index in [2.05, 4.69) is 10.6 Å². The van der Waals surface area contributed by atoms with E-state index in [1.807, 2.05) is 6.92 Å². The van der Waals surface area contributed by atoms with Gasteiger partial charge in [-0.3, -0.25) is 10.6 Å². The van der Waals surface area contributed by atoms with Crippen molar-refractivity contribution in [1.82, 2.24) is 10.6 Å². The number of carbonyl (C=O) groups excluding carboxylic acids is 2. The van der Waals surface area contributed by atoms with Gasteiger partial charge in [0.1, 0.15) is 11.9 Å². The Labute approximate surface area is 136 Å².